The van der Waals surface area contributed by atoms with Gasteiger partial charge < -0.3 is 9.47 Å². The number of halogens is 3. The minimum absolute atomic E-state index is 0.302. The summed E-state index contributed by atoms with van der Waals surface area (Å²) >= 11 is 11.5. The topological polar surface area (TPSA) is 59.9 Å². The van der Waals surface area contributed by atoms with Crippen molar-refractivity contribution in [2.75, 3.05) is 7.11 Å². The van der Waals surface area contributed by atoms with Gasteiger partial charge in [-0.05, 0) is 86.0 Å². The number of hydrogen-bond acceptors (Lipinski definition) is 4. The molecule has 30 heavy (non-hydrogen) atoms. The second-order valence-electron chi connectivity index (χ2n) is 6.13. The van der Waals surface area contributed by atoms with Gasteiger partial charge >= 0.3 is 0 Å². The normalized spacial score (nSPS) is 10.8. The van der Waals surface area contributed by atoms with Gasteiger partial charge in [0.2, 0.25) is 0 Å². The SMILES string of the molecule is COc1cc(/C=N\NC(=O)c2ccccc2Br)cc(I)c1OCc1ccc(Cl)cc1. The van der Waals surface area contributed by atoms with Crippen molar-refractivity contribution in [3.8, 4) is 11.5 Å². The summed E-state index contributed by atoms with van der Waals surface area (Å²) in [6.07, 6.45) is 1.56. The Hall–Kier alpha value is -2.10. The Morgan fingerprint density at radius 3 is 2.63 bits per heavy atom. The molecule has 0 bridgehead atoms. The number of amides is 1. The summed E-state index contributed by atoms with van der Waals surface area (Å²) in [5.41, 5.74) is 4.80. The molecule has 0 aromatic heterocycles. The lowest BCUT2D eigenvalue weighted by atomic mass is 10.2. The molecule has 8 heteroatoms. The maximum Gasteiger partial charge on any atom is 0.272 e. The van der Waals surface area contributed by atoms with Crippen LogP contribution in [0.15, 0.2) is 70.2 Å². The minimum atomic E-state index is -0.302. The number of rotatable bonds is 7. The molecular weight excluding hydrogens is 583 g/mol. The van der Waals surface area contributed by atoms with Gasteiger partial charge in [0.05, 0.1) is 22.5 Å². The average Bonchev–Trinajstić information content (AvgIpc) is 2.74. The van der Waals surface area contributed by atoms with Gasteiger partial charge in [-0.2, -0.15) is 5.10 Å². The number of hydrogen-bond donors (Lipinski definition) is 1. The summed E-state index contributed by atoms with van der Waals surface area (Å²) < 4.78 is 13.0. The van der Waals surface area contributed by atoms with Crippen molar-refractivity contribution in [2.24, 2.45) is 5.10 Å². The van der Waals surface area contributed by atoms with Crippen molar-refractivity contribution >= 4 is 62.2 Å². The lowest BCUT2D eigenvalue weighted by molar-refractivity contribution is 0.0954. The molecule has 154 valence electrons. The second kappa shape index (κ2) is 10.8. The fourth-order valence-corrected chi connectivity index (χ4v) is 3.93. The van der Waals surface area contributed by atoms with E-state index in [1.54, 1.807) is 37.6 Å². The van der Waals surface area contributed by atoms with E-state index in [0.717, 1.165) is 14.7 Å². The lowest BCUT2D eigenvalue weighted by Gasteiger charge is -2.13. The van der Waals surface area contributed by atoms with Gasteiger partial charge in [-0.3, -0.25) is 4.79 Å². The Bertz CT molecular complexity index is 1070. The first kappa shape index (κ1) is 22.6. The lowest BCUT2D eigenvalue weighted by Crippen LogP contribution is -2.18. The number of nitrogens with zero attached hydrogens (tertiary/aromatic N) is 1. The van der Waals surface area contributed by atoms with Crippen molar-refractivity contribution in [1.82, 2.24) is 5.43 Å². The minimum Gasteiger partial charge on any atom is -0.493 e. The molecule has 0 atom stereocenters. The average molecular weight is 600 g/mol. The fraction of sp³-hybridized carbons (Fsp3) is 0.0909. The van der Waals surface area contributed by atoms with Gasteiger partial charge in [0.1, 0.15) is 6.61 Å². The van der Waals surface area contributed by atoms with E-state index < -0.39 is 0 Å². The fourth-order valence-electron chi connectivity index (χ4n) is 2.56. The quantitative estimate of drug-likeness (QED) is 0.204. The molecule has 0 saturated heterocycles. The van der Waals surface area contributed by atoms with Gasteiger partial charge in [0, 0.05) is 9.50 Å². The number of carbonyl (C=O) groups is 1. The number of methoxy groups -OCH3 is 1. The van der Waals surface area contributed by atoms with Crippen LogP contribution in [0, 0.1) is 3.57 Å². The van der Waals surface area contributed by atoms with E-state index >= 15 is 0 Å². The van der Waals surface area contributed by atoms with E-state index in [2.05, 4.69) is 49.0 Å². The largest absolute Gasteiger partial charge is 0.493 e. The molecule has 0 spiro atoms. The molecule has 3 rings (SSSR count). The molecule has 3 aromatic carbocycles. The highest BCUT2D eigenvalue weighted by atomic mass is 127. The Kier molecular flexibility index (Phi) is 8.12. The molecule has 3 aromatic rings. The van der Waals surface area contributed by atoms with Crippen LogP contribution in [-0.2, 0) is 6.61 Å². The van der Waals surface area contributed by atoms with Gasteiger partial charge in [-0.15, -0.1) is 0 Å². The van der Waals surface area contributed by atoms with Crippen molar-refractivity contribution in [1.29, 1.82) is 0 Å². The number of ether oxygens (including phenoxy) is 2. The maximum absolute atomic E-state index is 12.2. The zero-order valence-electron chi connectivity index (χ0n) is 15.9. The Morgan fingerprint density at radius 2 is 1.93 bits per heavy atom. The van der Waals surface area contributed by atoms with Crippen molar-refractivity contribution in [3.05, 3.63) is 90.4 Å². The van der Waals surface area contributed by atoms with Crippen LogP contribution in [0.4, 0.5) is 0 Å². The van der Waals surface area contributed by atoms with Crippen molar-refractivity contribution in [3.63, 3.8) is 0 Å². The molecule has 1 N–H and O–H groups in total. The van der Waals surface area contributed by atoms with E-state index in [1.165, 1.54) is 0 Å². The number of hydrazone groups is 1. The van der Waals surface area contributed by atoms with Crippen LogP contribution in [0.3, 0.4) is 0 Å². The first-order valence-corrected chi connectivity index (χ1v) is 11.1. The van der Waals surface area contributed by atoms with Gasteiger partial charge in [0.15, 0.2) is 11.5 Å². The molecule has 0 heterocycles. The zero-order chi connectivity index (χ0) is 21.5. The molecule has 0 aliphatic heterocycles. The smallest absolute Gasteiger partial charge is 0.272 e. The highest BCUT2D eigenvalue weighted by Crippen LogP contribution is 2.34. The zero-order valence-corrected chi connectivity index (χ0v) is 20.4. The van der Waals surface area contributed by atoms with E-state index in [4.69, 9.17) is 21.1 Å². The molecular formula is C22H17BrClIN2O3. The second-order valence-corrected chi connectivity index (χ2v) is 8.58. The van der Waals surface area contributed by atoms with E-state index in [9.17, 15) is 4.79 Å². The van der Waals surface area contributed by atoms with Gasteiger partial charge in [-0.1, -0.05) is 35.9 Å². The van der Waals surface area contributed by atoms with Gasteiger partial charge in [-0.25, -0.2) is 5.43 Å². The Morgan fingerprint density at radius 1 is 1.20 bits per heavy atom. The molecule has 0 aliphatic carbocycles. The van der Waals surface area contributed by atoms with Crippen LogP contribution in [0.2, 0.25) is 5.02 Å². The molecule has 0 saturated carbocycles. The van der Waals surface area contributed by atoms with Crippen LogP contribution >= 0.6 is 50.1 Å². The summed E-state index contributed by atoms with van der Waals surface area (Å²) in [5.74, 6) is 0.917. The summed E-state index contributed by atoms with van der Waals surface area (Å²) in [6.45, 7) is 0.388. The first-order chi connectivity index (χ1) is 14.5. The molecule has 1 amide bonds. The van der Waals surface area contributed by atoms with Crippen LogP contribution in [-0.4, -0.2) is 19.2 Å². The van der Waals surface area contributed by atoms with E-state index in [0.29, 0.717) is 33.2 Å². The highest BCUT2D eigenvalue weighted by Gasteiger charge is 2.12. The molecule has 0 radical (unpaired) electrons. The number of benzene rings is 3. The third-order valence-electron chi connectivity index (χ3n) is 4.05. The van der Waals surface area contributed by atoms with Crippen LogP contribution in [0.25, 0.3) is 0 Å². The van der Waals surface area contributed by atoms with Crippen LogP contribution in [0.5, 0.6) is 11.5 Å². The first-order valence-electron chi connectivity index (χ1n) is 8.80. The maximum atomic E-state index is 12.2. The van der Waals surface area contributed by atoms with Crippen LogP contribution < -0.4 is 14.9 Å². The van der Waals surface area contributed by atoms with Crippen molar-refractivity contribution in [2.45, 2.75) is 6.61 Å². The van der Waals surface area contributed by atoms with E-state index in [1.807, 2.05) is 36.4 Å². The molecule has 5 nitrogen and oxygen atoms in total. The van der Waals surface area contributed by atoms with Crippen LogP contribution in [0.1, 0.15) is 21.5 Å². The number of carbonyl (C=O) groups excluding carboxylic acids is 1. The predicted octanol–water partition coefficient (Wildman–Crippen LogP) is 6.06. The summed E-state index contributed by atoms with van der Waals surface area (Å²) in [4.78, 5) is 12.2. The van der Waals surface area contributed by atoms with Crippen molar-refractivity contribution < 1.29 is 14.3 Å². The Balaban J connectivity index is 1.70. The Labute approximate surface area is 201 Å². The monoisotopic (exact) mass is 598 g/mol. The molecule has 0 fully saturated rings. The standard InChI is InChI=1S/C22H17BrClIN2O3/c1-29-20-11-15(12-26-27-22(28)17-4-2-3-5-18(17)23)10-19(25)21(20)30-13-14-6-8-16(24)9-7-14/h2-12H,13H2,1H3,(H,27,28)/b26-12-. The third-order valence-corrected chi connectivity index (χ3v) is 5.79. The molecule has 0 unspecified atom stereocenters. The third kappa shape index (κ3) is 5.96. The molecule has 0 aliphatic rings. The summed E-state index contributed by atoms with van der Waals surface area (Å²) in [7, 11) is 1.58. The predicted molar refractivity (Wildman–Crippen MR) is 131 cm³/mol. The van der Waals surface area contributed by atoms with Gasteiger partial charge in [0.25, 0.3) is 5.91 Å². The number of nitrogens with one attached hydrogen (secondary N) is 1. The van der Waals surface area contributed by atoms with E-state index in [-0.39, 0.29) is 5.91 Å². The summed E-state index contributed by atoms with van der Waals surface area (Å²) in [6, 6.07) is 18.3. The summed E-state index contributed by atoms with van der Waals surface area (Å²) in [5, 5.41) is 4.73. The highest BCUT2D eigenvalue weighted by molar-refractivity contribution is 14.1.